The van der Waals surface area contributed by atoms with Crippen molar-refractivity contribution >= 4 is 5.91 Å². The van der Waals surface area contributed by atoms with E-state index in [-0.39, 0.29) is 36.7 Å². The molecule has 1 amide bonds. The lowest BCUT2D eigenvalue weighted by atomic mass is 10.1. The Morgan fingerprint density at radius 2 is 2.17 bits per heavy atom. The number of para-hydroxylation sites is 2. The monoisotopic (exact) mass is 253 g/mol. The van der Waals surface area contributed by atoms with E-state index in [2.05, 4.69) is 5.32 Å². The summed E-state index contributed by atoms with van der Waals surface area (Å²) in [5.41, 5.74) is 0. The molecule has 0 spiro atoms. The van der Waals surface area contributed by atoms with E-state index in [1.807, 2.05) is 6.92 Å². The number of hydrogen-bond donors (Lipinski definition) is 3. The second-order valence-electron chi connectivity index (χ2n) is 3.94. The Balaban J connectivity index is 2.39. The fourth-order valence-corrected chi connectivity index (χ4v) is 1.53. The highest BCUT2D eigenvalue weighted by Gasteiger charge is 2.11. The normalized spacial score (nSPS) is 11.9. The van der Waals surface area contributed by atoms with E-state index < -0.39 is 0 Å². The Kier molecular flexibility index (Phi) is 6.00. The molecule has 1 aromatic carbocycles. The summed E-state index contributed by atoms with van der Waals surface area (Å²) in [6.45, 7) is 1.82. The van der Waals surface area contributed by atoms with Crippen LogP contribution in [-0.4, -0.2) is 35.4 Å². The predicted octanol–water partition coefficient (Wildman–Crippen LogP) is 1.05. The zero-order chi connectivity index (χ0) is 13.4. The van der Waals surface area contributed by atoms with Crippen LogP contribution in [0, 0.1) is 0 Å². The second-order valence-corrected chi connectivity index (χ2v) is 3.94. The molecular formula is C13H19NO4. The van der Waals surface area contributed by atoms with Crippen LogP contribution in [0.5, 0.6) is 11.5 Å². The quantitative estimate of drug-likeness (QED) is 0.678. The Morgan fingerprint density at radius 3 is 2.78 bits per heavy atom. The third-order valence-corrected chi connectivity index (χ3v) is 2.56. The van der Waals surface area contributed by atoms with Crippen LogP contribution in [0.25, 0.3) is 0 Å². The number of carbonyl (C=O) groups is 1. The van der Waals surface area contributed by atoms with Crippen molar-refractivity contribution in [3.8, 4) is 11.5 Å². The number of aliphatic hydroxyl groups excluding tert-OH is 1. The van der Waals surface area contributed by atoms with Gasteiger partial charge in [-0.25, -0.2) is 0 Å². The molecule has 0 aliphatic rings. The maximum absolute atomic E-state index is 11.6. The standard InChI is InChI=1S/C13H19NO4/c1-2-10(7-8-15)14-13(17)9-18-12-6-4-3-5-11(12)16/h3-6,10,15-16H,2,7-9H2,1H3,(H,14,17). The van der Waals surface area contributed by atoms with Crippen molar-refractivity contribution < 1.29 is 19.7 Å². The fourth-order valence-electron chi connectivity index (χ4n) is 1.53. The van der Waals surface area contributed by atoms with Crippen molar-refractivity contribution in [3.05, 3.63) is 24.3 Å². The minimum absolute atomic E-state index is 0.00713. The number of amides is 1. The molecule has 0 saturated carbocycles. The molecule has 0 aliphatic heterocycles. The average Bonchev–Trinajstić information content (AvgIpc) is 2.37. The number of phenols is 1. The van der Waals surface area contributed by atoms with Crippen molar-refractivity contribution in [2.75, 3.05) is 13.2 Å². The predicted molar refractivity (Wildman–Crippen MR) is 67.5 cm³/mol. The van der Waals surface area contributed by atoms with Gasteiger partial charge in [0, 0.05) is 12.6 Å². The van der Waals surface area contributed by atoms with Gasteiger partial charge in [-0.05, 0) is 25.0 Å². The summed E-state index contributed by atoms with van der Waals surface area (Å²) in [6.07, 6.45) is 1.28. The lowest BCUT2D eigenvalue weighted by Crippen LogP contribution is -2.38. The van der Waals surface area contributed by atoms with E-state index in [4.69, 9.17) is 9.84 Å². The van der Waals surface area contributed by atoms with Crippen LogP contribution in [0.4, 0.5) is 0 Å². The number of carbonyl (C=O) groups excluding carboxylic acids is 1. The van der Waals surface area contributed by atoms with Crippen LogP contribution >= 0.6 is 0 Å². The van der Waals surface area contributed by atoms with Crippen molar-refractivity contribution in [3.63, 3.8) is 0 Å². The summed E-state index contributed by atoms with van der Waals surface area (Å²) in [5.74, 6) is 0.0223. The molecule has 18 heavy (non-hydrogen) atoms. The first-order valence-corrected chi connectivity index (χ1v) is 5.98. The molecule has 0 bridgehead atoms. The Morgan fingerprint density at radius 1 is 1.44 bits per heavy atom. The number of aromatic hydroxyl groups is 1. The first kappa shape index (κ1) is 14.3. The van der Waals surface area contributed by atoms with Crippen LogP contribution < -0.4 is 10.1 Å². The lowest BCUT2D eigenvalue weighted by Gasteiger charge is -2.16. The average molecular weight is 253 g/mol. The molecular weight excluding hydrogens is 234 g/mol. The molecule has 1 unspecified atom stereocenters. The number of aliphatic hydroxyl groups is 1. The van der Waals surface area contributed by atoms with Crippen molar-refractivity contribution in [2.24, 2.45) is 0 Å². The molecule has 1 aromatic rings. The molecule has 0 heterocycles. The lowest BCUT2D eigenvalue weighted by molar-refractivity contribution is -0.123. The van der Waals surface area contributed by atoms with Gasteiger partial charge in [0.25, 0.3) is 5.91 Å². The maximum Gasteiger partial charge on any atom is 0.258 e. The number of rotatable bonds is 7. The maximum atomic E-state index is 11.6. The summed E-state index contributed by atoms with van der Waals surface area (Å²) in [5, 5.41) is 21.0. The van der Waals surface area contributed by atoms with Gasteiger partial charge in [-0.1, -0.05) is 19.1 Å². The van der Waals surface area contributed by atoms with Gasteiger partial charge in [-0.15, -0.1) is 0 Å². The molecule has 1 rings (SSSR count). The van der Waals surface area contributed by atoms with E-state index in [1.165, 1.54) is 6.07 Å². The molecule has 1 atom stereocenters. The molecule has 3 N–H and O–H groups in total. The molecule has 0 saturated heterocycles. The summed E-state index contributed by atoms with van der Waals surface area (Å²) >= 11 is 0. The van der Waals surface area contributed by atoms with Gasteiger partial charge < -0.3 is 20.3 Å². The first-order valence-electron chi connectivity index (χ1n) is 5.98. The summed E-state index contributed by atoms with van der Waals surface area (Å²) in [4.78, 5) is 11.6. The van der Waals surface area contributed by atoms with Crippen molar-refractivity contribution in [2.45, 2.75) is 25.8 Å². The van der Waals surface area contributed by atoms with Crippen LogP contribution in [0.15, 0.2) is 24.3 Å². The van der Waals surface area contributed by atoms with Crippen molar-refractivity contribution in [1.29, 1.82) is 0 Å². The SMILES string of the molecule is CCC(CCO)NC(=O)COc1ccccc1O. The summed E-state index contributed by atoms with van der Waals surface area (Å²) in [7, 11) is 0. The first-order chi connectivity index (χ1) is 8.67. The number of benzene rings is 1. The Labute approximate surface area is 106 Å². The number of phenolic OH excluding ortho intramolecular Hbond substituents is 1. The molecule has 5 heteroatoms. The van der Waals surface area contributed by atoms with E-state index >= 15 is 0 Å². The Bertz CT molecular complexity index is 381. The van der Waals surface area contributed by atoms with Gasteiger partial charge >= 0.3 is 0 Å². The minimum atomic E-state index is -0.265. The van der Waals surface area contributed by atoms with Gasteiger partial charge in [0.15, 0.2) is 18.1 Å². The van der Waals surface area contributed by atoms with Gasteiger partial charge in [0.05, 0.1) is 0 Å². The molecule has 0 fully saturated rings. The van der Waals surface area contributed by atoms with E-state index in [1.54, 1.807) is 18.2 Å². The van der Waals surface area contributed by atoms with E-state index in [9.17, 15) is 9.90 Å². The Hall–Kier alpha value is -1.75. The highest BCUT2D eigenvalue weighted by molar-refractivity contribution is 5.77. The largest absolute Gasteiger partial charge is 0.504 e. The molecule has 0 radical (unpaired) electrons. The topological polar surface area (TPSA) is 78.8 Å². The highest BCUT2D eigenvalue weighted by atomic mass is 16.5. The van der Waals surface area contributed by atoms with Crippen LogP contribution in [0.1, 0.15) is 19.8 Å². The minimum Gasteiger partial charge on any atom is -0.504 e. The number of hydrogen-bond acceptors (Lipinski definition) is 4. The smallest absolute Gasteiger partial charge is 0.258 e. The van der Waals surface area contributed by atoms with Gasteiger partial charge in [-0.2, -0.15) is 0 Å². The van der Waals surface area contributed by atoms with Crippen molar-refractivity contribution in [1.82, 2.24) is 5.32 Å². The zero-order valence-electron chi connectivity index (χ0n) is 10.4. The third-order valence-electron chi connectivity index (χ3n) is 2.56. The summed E-state index contributed by atoms with van der Waals surface area (Å²) in [6, 6.07) is 6.43. The van der Waals surface area contributed by atoms with Crippen LogP contribution in [0.3, 0.4) is 0 Å². The molecule has 0 aromatic heterocycles. The van der Waals surface area contributed by atoms with Crippen LogP contribution in [-0.2, 0) is 4.79 Å². The van der Waals surface area contributed by atoms with E-state index in [0.29, 0.717) is 6.42 Å². The van der Waals surface area contributed by atoms with Gasteiger partial charge in [0.2, 0.25) is 0 Å². The van der Waals surface area contributed by atoms with E-state index in [0.717, 1.165) is 6.42 Å². The number of ether oxygens (including phenoxy) is 1. The van der Waals surface area contributed by atoms with Crippen LogP contribution in [0.2, 0.25) is 0 Å². The molecule has 0 aliphatic carbocycles. The summed E-state index contributed by atoms with van der Waals surface area (Å²) < 4.78 is 5.20. The fraction of sp³-hybridized carbons (Fsp3) is 0.462. The highest BCUT2D eigenvalue weighted by Crippen LogP contribution is 2.23. The third kappa shape index (κ3) is 4.63. The second kappa shape index (κ2) is 7.55. The van der Waals surface area contributed by atoms with Gasteiger partial charge in [0.1, 0.15) is 0 Å². The van der Waals surface area contributed by atoms with Gasteiger partial charge in [-0.3, -0.25) is 4.79 Å². The zero-order valence-corrected chi connectivity index (χ0v) is 10.4. The molecule has 5 nitrogen and oxygen atoms in total. The number of nitrogens with one attached hydrogen (secondary N) is 1. The molecule has 100 valence electrons.